The van der Waals surface area contributed by atoms with Crippen molar-refractivity contribution in [1.29, 1.82) is 0 Å². The van der Waals surface area contributed by atoms with Gasteiger partial charge in [-0.3, -0.25) is 0 Å². The zero-order valence-electron chi connectivity index (χ0n) is 10.3. The monoisotopic (exact) mass is 273 g/mol. The van der Waals surface area contributed by atoms with Crippen molar-refractivity contribution < 1.29 is 14.2 Å². The molecule has 0 radical (unpaired) electrons. The Kier molecular flexibility index (Phi) is 4.95. The van der Waals surface area contributed by atoms with Crippen LogP contribution in [0.5, 0.6) is 12.0 Å². The van der Waals surface area contributed by atoms with Gasteiger partial charge < -0.3 is 14.2 Å². The van der Waals surface area contributed by atoms with Crippen LogP contribution < -0.4 is 9.47 Å². The number of nitrogens with zero attached hydrogens (tertiary/aromatic N) is 3. The maximum atomic E-state index is 5.78. The quantitative estimate of drug-likeness (QED) is 0.786. The molecule has 1 aromatic heterocycles. The summed E-state index contributed by atoms with van der Waals surface area (Å²) < 4.78 is 16.0. The lowest BCUT2D eigenvalue weighted by atomic mass is 10.1. The van der Waals surface area contributed by atoms with Crippen LogP contribution in [0, 0.1) is 5.92 Å². The van der Waals surface area contributed by atoms with E-state index >= 15 is 0 Å². The van der Waals surface area contributed by atoms with Crippen LogP contribution >= 0.6 is 11.6 Å². The molecule has 1 saturated heterocycles. The summed E-state index contributed by atoms with van der Waals surface area (Å²) in [6, 6.07) is 0.405. The van der Waals surface area contributed by atoms with E-state index in [4.69, 9.17) is 25.8 Å². The van der Waals surface area contributed by atoms with Crippen LogP contribution in [0.4, 0.5) is 0 Å². The molecule has 0 amide bonds. The Balaban J connectivity index is 1.91. The molecule has 1 aromatic rings. The average Bonchev–Trinajstić information content (AvgIpc) is 2.86. The van der Waals surface area contributed by atoms with Gasteiger partial charge in [0.25, 0.3) is 0 Å². The summed E-state index contributed by atoms with van der Waals surface area (Å²) in [4.78, 5) is 11.8. The number of hydrogen-bond donors (Lipinski definition) is 0. The molecule has 0 saturated carbocycles. The SMILES string of the molecule is CCCOc1nc(Cl)nc(OCC2CCOC2)n1. The zero-order chi connectivity index (χ0) is 12.8. The Hall–Kier alpha value is -1.14. The summed E-state index contributed by atoms with van der Waals surface area (Å²) >= 11 is 5.78. The highest BCUT2D eigenvalue weighted by molar-refractivity contribution is 6.28. The topological polar surface area (TPSA) is 66.4 Å². The first kappa shape index (κ1) is 13.3. The first-order valence-electron chi connectivity index (χ1n) is 6.03. The van der Waals surface area contributed by atoms with Crippen LogP contribution in [0.3, 0.4) is 0 Å². The van der Waals surface area contributed by atoms with Crippen molar-refractivity contribution in [2.45, 2.75) is 19.8 Å². The fraction of sp³-hybridized carbons (Fsp3) is 0.727. The van der Waals surface area contributed by atoms with E-state index in [9.17, 15) is 0 Å². The standard InChI is InChI=1S/C11H16ClN3O3/c1-2-4-17-10-13-9(12)14-11(15-10)18-7-8-3-5-16-6-8/h8H,2-7H2,1H3. The van der Waals surface area contributed by atoms with Gasteiger partial charge in [-0.25, -0.2) is 0 Å². The lowest BCUT2D eigenvalue weighted by molar-refractivity contribution is 0.162. The van der Waals surface area contributed by atoms with E-state index in [1.54, 1.807) is 0 Å². The van der Waals surface area contributed by atoms with Crippen molar-refractivity contribution in [3.05, 3.63) is 5.28 Å². The van der Waals surface area contributed by atoms with E-state index in [2.05, 4.69) is 15.0 Å². The second kappa shape index (κ2) is 6.70. The van der Waals surface area contributed by atoms with Gasteiger partial charge in [-0.1, -0.05) is 6.92 Å². The summed E-state index contributed by atoms with van der Waals surface area (Å²) in [7, 11) is 0. The van der Waals surface area contributed by atoms with Crippen molar-refractivity contribution in [2.75, 3.05) is 26.4 Å². The smallest absolute Gasteiger partial charge is 0.323 e. The number of rotatable bonds is 6. The molecular formula is C11H16ClN3O3. The summed E-state index contributed by atoms with van der Waals surface area (Å²) in [5.41, 5.74) is 0. The Bertz CT molecular complexity index is 386. The predicted octanol–water partition coefficient (Wildman–Crippen LogP) is 1.73. The van der Waals surface area contributed by atoms with Crippen LogP contribution in [0.1, 0.15) is 19.8 Å². The second-order valence-electron chi connectivity index (χ2n) is 4.06. The van der Waals surface area contributed by atoms with E-state index in [-0.39, 0.29) is 17.3 Å². The number of hydrogen-bond acceptors (Lipinski definition) is 6. The fourth-order valence-electron chi connectivity index (χ4n) is 1.54. The molecule has 100 valence electrons. The summed E-state index contributed by atoms with van der Waals surface area (Å²) in [5.74, 6) is 0.389. The van der Waals surface area contributed by atoms with Gasteiger partial charge in [-0.15, -0.1) is 4.98 Å². The number of halogens is 1. The minimum Gasteiger partial charge on any atom is -0.463 e. The maximum Gasteiger partial charge on any atom is 0.323 e. The Morgan fingerprint density at radius 2 is 2.06 bits per heavy atom. The van der Waals surface area contributed by atoms with E-state index in [0.717, 1.165) is 26.1 Å². The van der Waals surface area contributed by atoms with Gasteiger partial charge in [0.1, 0.15) is 0 Å². The molecule has 0 spiro atoms. The molecule has 6 nitrogen and oxygen atoms in total. The first-order valence-corrected chi connectivity index (χ1v) is 6.40. The van der Waals surface area contributed by atoms with Gasteiger partial charge in [0, 0.05) is 12.5 Å². The lowest BCUT2D eigenvalue weighted by Gasteiger charge is -2.09. The Morgan fingerprint density at radius 3 is 2.72 bits per heavy atom. The van der Waals surface area contributed by atoms with E-state index < -0.39 is 0 Å². The molecule has 1 aliphatic rings. The highest BCUT2D eigenvalue weighted by Gasteiger charge is 2.17. The minimum atomic E-state index is 0.0776. The molecule has 0 aliphatic carbocycles. The van der Waals surface area contributed by atoms with Gasteiger partial charge in [-0.2, -0.15) is 9.97 Å². The minimum absolute atomic E-state index is 0.0776. The molecule has 18 heavy (non-hydrogen) atoms. The predicted molar refractivity (Wildman–Crippen MR) is 65.0 cm³/mol. The Morgan fingerprint density at radius 1 is 1.28 bits per heavy atom. The van der Waals surface area contributed by atoms with E-state index in [0.29, 0.717) is 19.1 Å². The zero-order valence-corrected chi connectivity index (χ0v) is 11.0. The summed E-state index contributed by atoms with van der Waals surface area (Å²) in [6.07, 6.45) is 1.87. The average molecular weight is 274 g/mol. The fourth-order valence-corrected chi connectivity index (χ4v) is 1.69. The highest BCUT2D eigenvalue weighted by atomic mass is 35.5. The molecule has 1 unspecified atom stereocenters. The third-order valence-corrected chi connectivity index (χ3v) is 2.64. The van der Waals surface area contributed by atoms with E-state index in [1.165, 1.54) is 0 Å². The van der Waals surface area contributed by atoms with Crippen LogP contribution in [0.2, 0.25) is 5.28 Å². The molecule has 2 heterocycles. The van der Waals surface area contributed by atoms with E-state index in [1.807, 2.05) is 6.92 Å². The van der Waals surface area contributed by atoms with Gasteiger partial charge in [0.15, 0.2) is 0 Å². The van der Waals surface area contributed by atoms with Crippen LogP contribution in [-0.4, -0.2) is 41.4 Å². The van der Waals surface area contributed by atoms with Gasteiger partial charge in [0.05, 0.1) is 19.8 Å². The largest absolute Gasteiger partial charge is 0.463 e. The summed E-state index contributed by atoms with van der Waals surface area (Å²) in [5, 5.41) is 0.0776. The molecule has 0 N–H and O–H groups in total. The molecule has 7 heteroatoms. The van der Waals surface area contributed by atoms with Crippen LogP contribution in [0.15, 0.2) is 0 Å². The van der Waals surface area contributed by atoms with Crippen molar-refractivity contribution in [3.63, 3.8) is 0 Å². The van der Waals surface area contributed by atoms with Crippen molar-refractivity contribution in [3.8, 4) is 12.0 Å². The maximum absolute atomic E-state index is 5.78. The molecular weight excluding hydrogens is 258 g/mol. The number of aromatic nitrogens is 3. The molecule has 2 rings (SSSR count). The first-order chi connectivity index (χ1) is 8.78. The number of ether oxygens (including phenoxy) is 3. The molecule has 1 aliphatic heterocycles. The third-order valence-electron chi connectivity index (χ3n) is 2.47. The van der Waals surface area contributed by atoms with Gasteiger partial charge in [-0.05, 0) is 24.4 Å². The third kappa shape index (κ3) is 3.96. The van der Waals surface area contributed by atoms with Crippen molar-refractivity contribution in [1.82, 2.24) is 15.0 Å². The normalized spacial score (nSPS) is 18.9. The molecule has 1 fully saturated rings. The van der Waals surface area contributed by atoms with Gasteiger partial charge in [0.2, 0.25) is 5.28 Å². The lowest BCUT2D eigenvalue weighted by Crippen LogP contribution is -2.13. The van der Waals surface area contributed by atoms with Crippen molar-refractivity contribution in [2.24, 2.45) is 5.92 Å². The van der Waals surface area contributed by atoms with Gasteiger partial charge >= 0.3 is 12.0 Å². The molecule has 0 aromatic carbocycles. The Labute approximate surface area is 111 Å². The highest BCUT2D eigenvalue weighted by Crippen LogP contribution is 2.16. The van der Waals surface area contributed by atoms with Crippen LogP contribution in [-0.2, 0) is 4.74 Å². The summed E-state index contributed by atoms with van der Waals surface area (Å²) in [6.45, 7) is 4.57. The second-order valence-corrected chi connectivity index (χ2v) is 4.40. The van der Waals surface area contributed by atoms with Crippen LogP contribution in [0.25, 0.3) is 0 Å². The van der Waals surface area contributed by atoms with Crippen molar-refractivity contribution >= 4 is 11.6 Å². The molecule has 0 bridgehead atoms. The molecule has 1 atom stereocenters.